The Hall–Kier alpha value is -4.09. The number of nitrogens with two attached hydrogens (primary N) is 1. The average molecular weight is 567 g/mol. The number of nitrogens with zero attached hydrogens (tertiary/aromatic N) is 3. The van der Waals surface area contributed by atoms with E-state index in [2.05, 4.69) is 4.90 Å². The molecule has 1 fully saturated rings. The highest BCUT2D eigenvalue weighted by molar-refractivity contribution is 7.89. The standard InChI is InChI=1S/C29H34N4O6S/c1-20-3-10-25(11-4-20)40(38,39)31(2)19-28(35)33(24-9-12-26(29(36)37)27(34)17-24)18-21-13-15-32(16-14-21)23-7-5-22(30)6-8-23/h3-12,17,21,34H,13-16,18-19,30H2,1-2H3,(H,36,37). The second kappa shape index (κ2) is 12.0. The van der Waals surface area contributed by atoms with Crippen LogP contribution in [0.2, 0.25) is 0 Å². The molecule has 0 aliphatic carbocycles. The second-order valence-corrected chi connectivity index (χ2v) is 12.2. The summed E-state index contributed by atoms with van der Waals surface area (Å²) in [6.07, 6.45) is 1.57. The molecule has 212 valence electrons. The summed E-state index contributed by atoms with van der Waals surface area (Å²) in [5.41, 5.74) is 8.50. The van der Waals surface area contributed by atoms with Gasteiger partial charge in [0, 0.05) is 49.8 Å². The van der Waals surface area contributed by atoms with Gasteiger partial charge in [0.1, 0.15) is 11.3 Å². The molecule has 40 heavy (non-hydrogen) atoms. The van der Waals surface area contributed by atoms with Crippen LogP contribution >= 0.6 is 0 Å². The molecule has 3 aromatic rings. The van der Waals surface area contributed by atoms with E-state index in [9.17, 15) is 28.2 Å². The molecule has 4 rings (SSSR count). The highest BCUT2D eigenvalue weighted by Crippen LogP contribution is 2.29. The number of hydrogen-bond donors (Lipinski definition) is 3. The molecular weight excluding hydrogens is 532 g/mol. The van der Waals surface area contributed by atoms with E-state index in [0.29, 0.717) is 17.9 Å². The molecule has 0 atom stereocenters. The Morgan fingerprint density at radius 3 is 2.20 bits per heavy atom. The highest BCUT2D eigenvalue weighted by Gasteiger charge is 2.29. The molecule has 0 radical (unpaired) electrons. The Balaban J connectivity index is 1.53. The molecule has 1 aliphatic heterocycles. The predicted octanol–water partition coefficient (Wildman–Crippen LogP) is 3.55. The van der Waals surface area contributed by atoms with Crippen LogP contribution in [-0.2, 0) is 14.8 Å². The van der Waals surface area contributed by atoms with Crippen molar-refractivity contribution in [3.63, 3.8) is 0 Å². The lowest BCUT2D eigenvalue weighted by molar-refractivity contribution is -0.118. The number of carboxylic acids is 1. The molecule has 10 nitrogen and oxygen atoms in total. The molecule has 4 N–H and O–H groups in total. The largest absolute Gasteiger partial charge is 0.507 e. The van der Waals surface area contributed by atoms with Gasteiger partial charge in [-0.15, -0.1) is 0 Å². The zero-order valence-corrected chi connectivity index (χ0v) is 23.3. The van der Waals surface area contributed by atoms with Gasteiger partial charge in [-0.3, -0.25) is 4.79 Å². The molecule has 11 heteroatoms. The molecule has 0 spiro atoms. The van der Waals surface area contributed by atoms with Crippen LogP contribution in [0.25, 0.3) is 0 Å². The summed E-state index contributed by atoms with van der Waals surface area (Å²) in [6, 6.07) is 18.0. The number of nitrogen functional groups attached to an aromatic ring is 1. The predicted molar refractivity (Wildman–Crippen MR) is 154 cm³/mol. The fraction of sp³-hybridized carbons (Fsp3) is 0.310. The number of carbonyl (C=O) groups excluding carboxylic acids is 1. The highest BCUT2D eigenvalue weighted by atomic mass is 32.2. The molecule has 0 aromatic heterocycles. The van der Waals surface area contributed by atoms with Gasteiger partial charge in [-0.1, -0.05) is 17.7 Å². The molecule has 3 aromatic carbocycles. The number of phenols is 1. The van der Waals surface area contributed by atoms with Crippen LogP contribution in [0.1, 0.15) is 28.8 Å². The Bertz CT molecular complexity index is 1470. The molecule has 0 saturated carbocycles. The first kappa shape index (κ1) is 28.9. The molecule has 1 aliphatic rings. The van der Waals surface area contributed by atoms with E-state index in [1.54, 1.807) is 12.1 Å². The van der Waals surface area contributed by atoms with E-state index < -0.39 is 34.2 Å². The summed E-state index contributed by atoms with van der Waals surface area (Å²) in [4.78, 5) is 28.8. The van der Waals surface area contributed by atoms with Crippen LogP contribution in [0.15, 0.2) is 71.6 Å². The van der Waals surface area contributed by atoms with Crippen LogP contribution in [0.5, 0.6) is 5.75 Å². The van der Waals surface area contributed by atoms with Gasteiger partial charge in [0.15, 0.2) is 0 Å². The number of likely N-dealkylation sites (N-methyl/N-ethyl adjacent to an activating group) is 1. The third-order valence-corrected chi connectivity index (χ3v) is 9.04. The van der Waals surface area contributed by atoms with Gasteiger partial charge in [-0.2, -0.15) is 4.31 Å². The Labute approximate surface area is 234 Å². The summed E-state index contributed by atoms with van der Waals surface area (Å²) in [7, 11) is -2.57. The first-order valence-electron chi connectivity index (χ1n) is 13.0. The van der Waals surface area contributed by atoms with Crippen molar-refractivity contribution in [2.75, 3.05) is 48.8 Å². The Morgan fingerprint density at radius 2 is 1.62 bits per heavy atom. The number of carboxylic acid groups (broad SMARTS) is 1. The minimum Gasteiger partial charge on any atom is -0.507 e. The quantitative estimate of drug-likeness (QED) is 0.334. The third kappa shape index (κ3) is 6.54. The number of anilines is 3. The lowest BCUT2D eigenvalue weighted by atomic mass is 9.95. The maximum absolute atomic E-state index is 13.6. The number of aromatic carboxylic acids is 1. The minimum absolute atomic E-state index is 0.0819. The van der Waals surface area contributed by atoms with Gasteiger partial charge < -0.3 is 25.7 Å². The van der Waals surface area contributed by atoms with Crippen LogP contribution in [0.3, 0.4) is 0 Å². The number of rotatable bonds is 9. The lowest BCUT2D eigenvalue weighted by Crippen LogP contribution is -2.45. The summed E-state index contributed by atoms with van der Waals surface area (Å²) in [6.45, 7) is 3.25. The molecular formula is C29H34N4O6S. The average Bonchev–Trinajstić information content (AvgIpc) is 2.92. The van der Waals surface area contributed by atoms with Crippen molar-refractivity contribution in [3.05, 3.63) is 77.9 Å². The van der Waals surface area contributed by atoms with Crippen molar-refractivity contribution >= 4 is 39.0 Å². The summed E-state index contributed by atoms with van der Waals surface area (Å²) in [5, 5.41) is 19.6. The van der Waals surface area contributed by atoms with Gasteiger partial charge in [-0.05, 0) is 74.2 Å². The van der Waals surface area contributed by atoms with Crippen LogP contribution < -0.4 is 15.5 Å². The van der Waals surface area contributed by atoms with Crippen molar-refractivity contribution < 1.29 is 28.2 Å². The monoisotopic (exact) mass is 566 g/mol. The van der Waals surface area contributed by atoms with Crippen molar-refractivity contribution in [1.82, 2.24) is 4.31 Å². The smallest absolute Gasteiger partial charge is 0.339 e. The Kier molecular flexibility index (Phi) is 8.65. The number of benzene rings is 3. The summed E-state index contributed by atoms with van der Waals surface area (Å²) >= 11 is 0. The molecule has 1 amide bonds. The number of piperidine rings is 1. The van der Waals surface area contributed by atoms with Gasteiger partial charge in [0.2, 0.25) is 15.9 Å². The summed E-state index contributed by atoms with van der Waals surface area (Å²) in [5.74, 6) is -2.14. The number of amides is 1. The van der Waals surface area contributed by atoms with Gasteiger partial charge >= 0.3 is 5.97 Å². The van der Waals surface area contributed by atoms with Crippen molar-refractivity contribution in [1.29, 1.82) is 0 Å². The van der Waals surface area contributed by atoms with Gasteiger partial charge in [0.25, 0.3) is 0 Å². The fourth-order valence-corrected chi connectivity index (χ4v) is 5.91. The number of hydrogen-bond acceptors (Lipinski definition) is 7. The summed E-state index contributed by atoms with van der Waals surface area (Å²) < 4.78 is 27.3. The minimum atomic E-state index is -3.92. The topological polar surface area (TPSA) is 144 Å². The van der Waals surface area contributed by atoms with Crippen LogP contribution in [0, 0.1) is 12.8 Å². The normalized spacial score (nSPS) is 14.3. The zero-order chi connectivity index (χ0) is 29.0. The van der Waals surface area contributed by atoms with Gasteiger partial charge in [-0.25, -0.2) is 13.2 Å². The SMILES string of the molecule is Cc1ccc(S(=O)(=O)N(C)CC(=O)N(CC2CCN(c3ccc(N)cc3)CC2)c2ccc(C(=O)O)c(O)c2)cc1. The van der Waals surface area contributed by atoms with Crippen molar-refractivity contribution in [2.24, 2.45) is 5.92 Å². The van der Waals surface area contributed by atoms with E-state index in [-0.39, 0.29) is 16.4 Å². The van der Waals surface area contributed by atoms with Crippen LogP contribution in [-0.4, -0.2) is 68.0 Å². The number of sulfonamides is 1. The molecule has 1 heterocycles. The first-order valence-corrected chi connectivity index (χ1v) is 14.4. The van der Waals surface area contributed by atoms with E-state index in [1.807, 2.05) is 31.2 Å². The maximum atomic E-state index is 13.6. The second-order valence-electron chi connectivity index (χ2n) is 10.1. The number of carbonyl (C=O) groups is 2. The molecule has 0 bridgehead atoms. The lowest BCUT2D eigenvalue weighted by Gasteiger charge is -2.36. The fourth-order valence-electron chi connectivity index (χ4n) is 4.79. The number of aromatic hydroxyl groups is 1. The Morgan fingerprint density at radius 1 is 1.00 bits per heavy atom. The first-order chi connectivity index (χ1) is 19.0. The van der Waals surface area contributed by atoms with E-state index in [4.69, 9.17) is 5.73 Å². The maximum Gasteiger partial charge on any atom is 0.339 e. The van der Waals surface area contributed by atoms with Gasteiger partial charge in [0.05, 0.1) is 11.4 Å². The number of aryl methyl sites for hydroxylation is 1. The molecule has 0 unspecified atom stereocenters. The third-order valence-electron chi connectivity index (χ3n) is 7.23. The zero-order valence-electron chi connectivity index (χ0n) is 22.5. The molecule has 1 saturated heterocycles. The van der Waals surface area contributed by atoms with E-state index in [0.717, 1.165) is 41.5 Å². The van der Waals surface area contributed by atoms with E-state index >= 15 is 0 Å². The van der Waals surface area contributed by atoms with E-state index in [1.165, 1.54) is 42.3 Å². The van der Waals surface area contributed by atoms with Crippen molar-refractivity contribution in [2.45, 2.75) is 24.7 Å². The van der Waals surface area contributed by atoms with Crippen molar-refractivity contribution in [3.8, 4) is 5.75 Å². The van der Waals surface area contributed by atoms with Crippen LogP contribution in [0.4, 0.5) is 17.1 Å².